The number of aryl methyl sites for hydroxylation is 1. The lowest BCUT2D eigenvalue weighted by Gasteiger charge is -2.50. The summed E-state index contributed by atoms with van der Waals surface area (Å²) in [6.45, 7) is 3.60. The number of carbonyl (C=O) groups is 1. The van der Waals surface area contributed by atoms with Crippen LogP contribution in [0.2, 0.25) is 0 Å². The fourth-order valence-electron chi connectivity index (χ4n) is 4.60. The number of anilines is 1. The monoisotopic (exact) mass is 381 g/mol. The molecule has 2 atom stereocenters. The third kappa shape index (κ3) is 2.95. The maximum absolute atomic E-state index is 12.2. The highest BCUT2D eigenvalue weighted by molar-refractivity contribution is 5.96. The highest BCUT2D eigenvalue weighted by Crippen LogP contribution is 2.39. The third-order valence-electron chi connectivity index (χ3n) is 6.05. The van der Waals surface area contributed by atoms with Gasteiger partial charge in [0.2, 0.25) is 0 Å². The fraction of sp³-hybridized carbons (Fsp3) is 0.476. The van der Waals surface area contributed by atoms with Gasteiger partial charge in [0, 0.05) is 25.2 Å². The Balaban J connectivity index is 1.69. The molecule has 0 radical (unpaired) electrons. The largest absolute Gasteiger partial charge is 0.389 e. The van der Waals surface area contributed by atoms with Gasteiger partial charge in [0.15, 0.2) is 0 Å². The van der Waals surface area contributed by atoms with E-state index < -0.39 is 11.6 Å². The number of hydrogen-bond acceptors (Lipinski definition) is 6. The smallest absolute Gasteiger partial charge is 0.270 e. The Bertz CT molecular complexity index is 886. The number of amides is 1. The van der Waals surface area contributed by atoms with Crippen LogP contribution in [0, 0.1) is 6.92 Å². The molecule has 1 aromatic carbocycles. The van der Waals surface area contributed by atoms with Crippen LogP contribution in [0.5, 0.6) is 0 Å². The van der Waals surface area contributed by atoms with Crippen molar-refractivity contribution >= 4 is 11.7 Å². The van der Waals surface area contributed by atoms with Crippen molar-refractivity contribution in [2.75, 3.05) is 38.6 Å². The molecule has 7 nitrogen and oxygen atoms in total. The summed E-state index contributed by atoms with van der Waals surface area (Å²) >= 11 is 0. The van der Waals surface area contributed by atoms with Gasteiger partial charge in [-0.05, 0) is 39.4 Å². The van der Waals surface area contributed by atoms with Crippen molar-refractivity contribution in [2.24, 2.45) is 0 Å². The lowest BCUT2D eigenvalue weighted by atomic mass is 9.77. The predicted molar refractivity (Wildman–Crippen MR) is 107 cm³/mol. The number of nitrogens with zero attached hydrogens (tertiary/aromatic N) is 4. The number of rotatable bonds is 3. The minimum absolute atomic E-state index is 0.141. The molecule has 2 N–H and O–H groups in total. The molecule has 1 amide bonds. The first-order valence-electron chi connectivity index (χ1n) is 9.75. The van der Waals surface area contributed by atoms with Crippen molar-refractivity contribution in [2.45, 2.75) is 31.4 Å². The molecule has 1 saturated heterocycles. The highest BCUT2D eigenvalue weighted by atomic mass is 16.3. The molecule has 148 valence electrons. The van der Waals surface area contributed by atoms with Crippen molar-refractivity contribution in [1.82, 2.24) is 20.2 Å². The van der Waals surface area contributed by atoms with Crippen LogP contribution >= 0.6 is 0 Å². The van der Waals surface area contributed by atoms with Crippen molar-refractivity contribution in [3.05, 3.63) is 53.0 Å². The number of nitrogens with one attached hydrogen (secondary N) is 1. The van der Waals surface area contributed by atoms with Crippen molar-refractivity contribution < 1.29 is 9.90 Å². The number of fused-ring (bicyclic) bond motifs is 1. The molecule has 2 aromatic rings. The predicted octanol–water partition coefficient (Wildman–Crippen LogP) is 1.10. The zero-order chi connectivity index (χ0) is 19.9. The first-order chi connectivity index (χ1) is 13.4. The minimum Gasteiger partial charge on any atom is -0.389 e. The van der Waals surface area contributed by atoms with Crippen molar-refractivity contribution in [3.8, 4) is 0 Å². The molecule has 0 saturated carbocycles. The lowest BCUT2D eigenvalue weighted by Crippen LogP contribution is -2.60. The molecule has 2 aliphatic rings. The maximum atomic E-state index is 12.2. The Hall–Kier alpha value is -2.51. The summed E-state index contributed by atoms with van der Waals surface area (Å²) < 4.78 is 0. The van der Waals surface area contributed by atoms with E-state index in [0.29, 0.717) is 31.0 Å². The SMILES string of the molecule is Cc1nc2c(c(N3CC[C@](c4ccccc4)(N(C)C)[C@@H](O)C3)n1)CCNC2=O. The van der Waals surface area contributed by atoms with Crippen LogP contribution in [0.15, 0.2) is 30.3 Å². The van der Waals surface area contributed by atoms with Gasteiger partial charge in [-0.3, -0.25) is 9.69 Å². The summed E-state index contributed by atoms with van der Waals surface area (Å²) in [6, 6.07) is 10.2. The van der Waals surface area contributed by atoms with Gasteiger partial charge >= 0.3 is 0 Å². The average Bonchev–Trinajstić information content (AvgIpc) is 2.68. The number of likely N-dealkylation sites (N-methyl/N-ethyl adjacent to an activating group) is 1. The molecule has 2 aliphatic heterocycles. The molecule has 1 aromatic heterocycles. The number of piperidine rings is 1. The molecule has 28 heavy (non-hydrogen) atoms. The summed E-state index contributed by atoms with van der Waals surface area (Å²) in [5.74, 6) is 1.22. The van der Waals surface area contributed by atoms with Gasteiger partial charge in [-0.1, -0.05) is 30.3 Å². The van der Waals surface area contributed by atoms with E-state index in [1.807, 2.05) is 32.3 Å². The minimum atomic E-state index is -0.595. The van der Waals surface area contributed by atoms with Crippen LogP contribution in [0.3, 0.4) is 0 Å². The Morgan fingerprint density at radius 2 is 2.00 bits per heavy atom. The fourth-order valence-corrected chi connectivity index (χ4v) is 4.60. The summed E-state index contributed by atoms with van der Waals surface area (Å²) in [7, 11) is 4.04. The number of hydrogen-bond donors (Lipinski definition) is 2. The normalized spacial score (nSPS) is 24.8. The van der Waals surface area contributed by atoms with Crippen molar-refractivity contribution in [1.29, 1.82) is 0 Å². The average molecular weight is 381 g/mol. The lowest BCUT2D eigenvalue weighted by molar-refractivity contribution is -0.0247. The maximum Gasteiger partial charge on any atom is 0.270 e. The Kier molecular flexibility index (Phi) is 4.81. The molecule has 7 heteroatoms. The highest BCUT2D eigenvalue weighted by Gasteiger charge is 2.46. The third-order valence-corrected chi connectivity index (χ3v) is 6.05. The first-order valence-corrected chi connectivity index (χ1v) is 9.75. The van der Waals surface area contributed by atoms with Crippen LogP contribution in [0.25, 0.3) is 0 Å². The number of β-amino-alcohol motifs (C(OH)–C–C–N with tert-alkyl or cyclic N) is 1. The second-order valence-electron chi connectivity index (χ2n) is 7.82. The van der Waals surface area contributed by atoms with E-state index in [0.717, 1.165) is 29.9 Å². The van der Waals surface area contributed by atoms with Gasteiger partial charge in [-0.25, -0.2) is 9.97 Å². The van der Waals surface area contributed by atoms with Crippen LogP contribution in [-0.4, -0.2) is 65.7 Å². The summed E-state index contributed by atoms with van der Waals surface area (Å²) in [5, 5.41) is 14.1. The van der Waals surface area contributed by atoms with Gasteiger partial charge in [0.1, 0.15) is 17.3 Å². The topological polar surface area (TPSA) is 81.6 Å². The molecular formula is C21H27N5O2. The summed E-state index contributed by atoms with van der Waals surface area (Å²) in [4.78, 5) is 25.5. The number of aliphatic hydroxyl groups is 1. The van der Waals surface area contributed by atoms with E-state index in [4.69, 9.17) is 0 Å². The number of carbonyl (C=O) groups excluding carboxylic acids is 1. The van der Waals surface area contributed by atoms with Crippen LogP contribution in [0.1, 0.15) is 33.9 Å². The van der Waals surface area contributed by atoms with E-state index in [9.17, 15) is 9.90 Å². The number of aromatic nitrogens is 2. The molecule has 4 rings (SSSR count). The van der Waals surface area contributed by atoms with Crippen molar-refractivity contribution in [3.63, 3.8) is 0 Å². The van der Waals surface area contributed by atoms with Crippen LogP contribution in [-0.2, 0) is 12.0 Å². The van der Waals surface area contributed by atoms with Gasteiger partial charge in [-0.15, -0.1) is 0 Å². The van der Waals surface area contributed by atoms with Crippen LogP contribution < -0.4 is 10.2 Å². The van der Waals surface area contributed by atoms with Gasteiger partial charge in [-0.2, -0.15) is 0 Å². The second-order valence-corrected chi connectivity index (χ2v) is 7.82. The number of aliphatic hydroxyl groups excluding tert-OH is 1. The second kappa shape index (κ2) is 7.14. The quantitative estimate of drug-likeness (QED) is 0.829. The Labute approximate surface area is 165 Å². The number of benzene rings is 1. The molecular weight excluding hydrogens is 354 g/mol. The van der Waals surface area contributed by atoms with E-state index >= 15 is 0 Å². The van der Waals surface area contributed by atoms with Gasteiger partial charge in [0.05, 0.1) is 11.6 Å². The Morgan fingerprint density at radius 1 is 1.25 bits per heavy atom. The molecule has 3 heterocycles. The molecule has 0 aliphatic carbocycles. The summed E-state index contributed by atoms with van der Waals surface area (Å²) in [6.07, 6.45) is 0.873. The van der Waals surface area contributed by atoms with E-state index in [1.54, 1.807) is 6.92 Å². The van der Waals surface area contributed by atoms with E-state index in [2.05, 4.69) is 37.2 Å². The zero-order valence-electron chi connectivity index (χ0n) is 16.6. The standard InChI is InChI=1S/C21H27N5O2/c1-14-23-18-16(9-11-22-20(18)28)19(24-14)26-12-10-21(25(2)3,17(27)13-26)15-7-5-4-6-8-15/h4-8,17,27H,9-13H2,1-3H3,(H,22,28)/t17-,21+/m0/s1. The Morgan fingerprint density at radius 3 is 2.68 bits per heavy atom. The van der Waals surface area contributed by atoms with Gasteiger partial charge < -0.3 is 15.3 Å². The first kappa shape index (κ1) is 18.8. The van der Waals surface area contributed by atoms with Crippen LogP contribution in [0.4, 0.5) is 5.82 Å². The molecule has 0 unspecified atom stereocenters. The van der Waals surface area contributed by atoms with E-state index in [1.165, 1.54) is 0 Å². The van der Waals surface area contributed by atoms with E-state index in [-0.39, 0.29) is 5.91 Å². The molecule has 0 spiro atoms. The molecule has 0 bridgehead atoms. The summed E-state index contributed by atoms with van der Waals surface area (Å²) in [5.41, 5.74) is 2.03. The zero-order valence-corrected chi connectivity index (χ0v) is 16.6. The van der Waals surface area contributed by atoms with Gasteiger partial charge in [0.25, 0.3) is 5.91 Å². The molecule has 1 fully saturated rings.